The average Bonchev–Trinajstić information content (AvgIpc) is 2.24. The third kappa shape index (κ3) is 3.93. The van der Waals surface area contributed by atoms with Crippen molar-refractivity contribution >= 4 is 0 Å². The molecule has 0 saturated carbocycles. The molecule has 90 valence electrons. The summed E-state index contributed by atoms with van der Waals surface area (Å²) in [5.74, 6) is 0. The Balaban J connectivity index is 2.55. The Labute approximate surface area is 97.4 Å². The summed E-state index contributed by atoms with van der Waals surface area (Å²) in [6.07, 6.45) is 0. The maximum Gasteiger partial charge on any atom is 0.0992 e. The van der Waals surface area contributed by atoms with Crippen LogP contribution < -0.4 is 5.32 Å². The Morgan fingerprint density at radius 1 is 1.44 bits per heavy atom. The molecule has 0 radical (unpaired) electrons. The van der Waals surface area contributed by atoms with Crippen molar-refractivity contribution in [3.63, 3.8) is 0 Å². The lowest BCUT2D eigenvalue weighted by Crippen LogP contribution is -2.36. The number of hydrogen-bond acceptors (Lipinski definition) is 3. The van der Waals surface area contributed by atoms with Gasteiger partial charge < -0.3 is 15.2 Å². The van der Waals surface area contributed by atoms with Gasteiger partial charge in [0.05, 0.1) is 12.2 Å². The topological polar surface area (TPSA) is 41.5 Å². The van der Waals surface area contributed by atoms with Gasteiger partial charge in [-0.2, -0.15) is 0 Å². The molecular formula is C13H21NO2. The number of ether oxygens (including phenoxy) is 1. The Morgan fingerprint density at radius 2 is 2.19 bits per heavy atom. The van der Waals surface area contributed by atoms with Crippen LogP contribution in [0.5, 0.6) is 0 Å². The fourth-order valence-electron chi connectivity index (χ4n) is 1.59. The van der Waals surface area contributed by atoms with E-state index in [-0.39, 0.29) is 0 Å². The van der Waals surface area contributed by atoms with Crippen molar-refractivity contribution in [3.05, 3.63) is 35.4 Å². The maximum atomic E-state index is 10.3. The first kappa shape index (κ1) is 13.2. The van der Waals surface area contributed by atoms with Crippen LogP contribution in [0.25, 0.3) is 0 Å². The molecule has 0 aliphatic heterocycles. The summed E-state index contributed by atoms with van der Waals surface area (Å²) in [6.45, 7) is 5.78. The van der Waals surface area contributed by atoms with E-state index in [9.17, 15) is 5.11 Å². The number of rotatable bonds is 6. The van der Waals surface area contributed by atoms with Gasteiger partial charge in [0, 0.05) is 20.2 Å². The lowest BCUT2D eigenvalue weighted by atomic mass is 9.94. The Hall–Kier alpha value is -0.900. The fourth-order valence-corrected chi connectivity index (χ4v) is 1.59. The van der Waals surface area contributed by atoms with Crippen LogP contribution in [-0.2, 0) is 10.3 Å². The van der Waals surface area contributed by atoms with Crippen molar-refractivity contribution in [2.75, 3.05) is 26.8 Å². The number of hydrogen-bond donors (Lipinski definition) is 2. The first-order chi connectivity index (χ1) is 7.56. The zero-order chi connectivity index (χ0) is 12.0. The molecule has 0 fully saturated rings. The third-order valence-corrected chi connectivity index (χ3v) is 2.59. The molecule has 16 heavy (non-hydrogen) atoms. The van der Waals surface area contributed by atoms with E-state index in [4.69, 9.17) is 4.74 Å². The zero-order valence-electron chi connectivity index (χ0n) is 10.3. The second-order valence-electron chi connectivity index (χ2n) is 4.31. The molecule has 0 heterocycles. The molecule has 1 atom stereocenters. The first-order valence-electron chi connectivity index (χ1n) is 5.55. The molecule has 1 unspecified atom stereocenters. The molecule has 0 aromatic heterocycles. The molecule has 3 heteroatoms. The van der Waals surface area contributed by atoms with Crippen LogP contribution >= 0.6 is 0 Å². The van der Waals surface area contributed by atoms with Crippen LogP contribution in [0.2, 0.25) is 0 Å². The zero-order valence-corrected chi connectivity index (χ0v) is 10.3. The van der Waals surface area contributed by atoms with E-state index >= 15 is 0 Å². The second kappa shape index (κ2) is 5.99. The molecule has 1 aromatic carbocycles. The normalized spacial score (nSPS) is 14.8. The SMILES string of the molecule is COCCNCC(C)(O)c1cccc(C)c1. The van der Waals surface area contributed by atoms with Crippen LogP contribution in [0.1, 0.15) is 18.1 Å². The van der Waals surface area contributed by atoms with Gasteiger partial charge in [0.2, 0.25) is 0 Å². The summed E-state index contributed by atoms with van der Waals surface area (Å²) < 4.78 is 4.94. The van der Waals surface area contributed by atoms with Gasteiger partial charge in [-0.25, -0.2) is 0 Å². The van der Waals surface area contributed by atoms with Crippen molar-refractivity contribution < 1.29 is 9.84 Å². The molecular weight excluding hydrogens is 202 g/mol. The molecule has 0 amide bonds. The largest absolute Gasteiger partial charge is 0.384 e. The van der Waals surface area contributed by atoms with Gasteiger partial charge >= 0.3 is 0 Å². The summed E-state index contributed by atoms with van der Waals surface area (Å²) in [4.78, 5) is 0. The second-order valence-corrected chi connectivity index (χ2v) is 4.31. The van der Waals surface area contributed by atoms with Crippen LogP contribution in [0, 0.1) is 6.92 Å². The maximum absolute atomic E-state index is 10.3. The summed E-state index contributed by atoms with van der Waals surface area (Å²) in [5.41, 5.74) is 1.27. The van der Waals surface area contributed by atoms with Crippen molar-refractivity contribution in [1.29, 1.82) is 0 Å². The summed E-state index contributed by atoms with van der Waals surface area (Å²) in [7, 11) is 1.67. The number of benzene rings is 1. The smallest absolute Gasteiger partial charge is 0.0992 e. The van der Waals surface area contributed by atoms with Gasteiger partial charge in [-0.1, -0.05) is 29.8 Å². The third-order valence-electron chi connectivity index (χ3n) is 2.59. The monoisotopic (exact) mass is 223 g/mol. The van der Waals surface area contributed by atoms with Gasteiger partial charge in [0.25, 0.3) is 0 Å². The van der Waals surface area contributed by atoms with Gasteiger partial charge in [-0.15, -0.1) is 0 Å². The Bertz CT molecular complexity index is 323. The molecule has 2 N–H and O–H groups in total. The summed E-state index contributed by atoms with van der Waals surface area (Å²) >= 11 is 0. The highest BCUT2D eigenvalue weighted by Crippen LogP contribution is 2.20. The van der Waals surface area contributed by atoms with Crippen molar-refractivity contribution in [3.8, 4) is 0 Å². The van der Waals surface area contributed by atoms with Crippen LogP contribution in [0.4, 0.5) is 0 Å². The van der Waals surface area contributed by atoms with Gasteiger partial charge in [0.1, 0.15) is 0 Å². The molecule has 0 saturated heterocycles. The van der Waals surface area contributed by atoms with E-state index in [1.54, 1.807) is 7.11 Å². The van der Waals surface area contributed by atoms with Crippen LogP contribution in [0.15, 0.2) is 24.3 Å². The summed E-state index contributed by atoms with van der Waals surface area (Å²) in [6, 6.07) is 7.95. The fraction of sp³-hybridized carbons (Fsp3) is 0.538. The Morgan fingerprint density at radius 3 is 2.81 bits per heavy atom. The lowest BCUT2D eigenvalue weighted by molar-refractivity contribution is 0.0549. The van der Waals surface area contributed by atoms with E-state index in [0.717, 1.165) is 17.7 Å². The lowest BCUT2D eigenvalue weighted by Gasteiger charge is -2.24. The quantitative estimate of drug-likeness (QED) is 0.717. The number of methoxy groups -OCH3 is 1. The molecule has 0 aliphatic rings. The highest BCUT2D eigenvalue weighted by molar-refractivity contribution is 5.27. The minimum absolute atomic E-state index is 0.528. The molecule has 0 spiro atoms. The number of aryl methyl sites for hydroxylation is 1. The number of aliphatic hydroxyl groups is 1. The standard InChI is InChI=1S/C13H21NO2/c1-11-5-4-6-12(9-11)13(2,15)10-14-7-8-16-3/h4-6,9,14-15H,7-8,10H2,1-3H3. The molecule has 1 aromatic rings. The molecule has 1 rings (SSSR count). The van der Waals surface area contributed by atoms with E-state index in [1.807, 2.05) is 38.1 Å². The highest BCUT2D eigenvalue weighted by atomic mass is 16.5. The first-order valence-corrected chi connectivity index (χ1v) is 5.55. The van der Waals surface area contributed by atoms with Gasteiger partial charge in [0.15, 0.2) is 0 Å². The average molecular weight is 223 g/mol. The van der Waals surface area contributed by atoms with E-state index in [0.29, 0.717) is 13.2 Å². The highest BCUT2D eigenvalue weighted by Gasteiger charge is 2.22. The van der Waals surface area contributed by atoms with Crippen molar-refractivity contribution in [1.82, 2.24) is 5.32 Å². The molecule has 0 aliphatic carbocycles. The predicted octanol–water partition coefficient (Wildman–Crippen LogP) is 1.44. The summed E-state index contributed by atoms with van der Waals surface area (Å²) in [5, 5.41) is 13.5. The minimum atomic E-state index is -0.834. The van der Waals surface area contributed by atoms with Crippen LogP contribution in [-0.4, -0.2) is 31.9 Å². The molecule has 3 nitrogen and oxygen atoms in total. The van der Waals surface area contributed by atoms with Gasteiger partial charge in [-0.3, -0.25) is 0 Å². The number of nitrogens with one attached hydrogen (secondary N) is 1. The van der Waals surface area contributed by atoms with Gasteiger partial charge in [-0.05, 0) is 19.4 Å². The van der Waals surface area contributed by atoms with Crippen molar-refractivity contribution in [2.24, 2.45) is 0 Å². The Kier molecular flexibility index (Phi) is 4.93. The van der Waals surface area contributed by atoms with E-state index in [1.165, 1.54) is 0 Å². The van der Waals surface area contributed by atoms with E-state index in [2.05, 4.69) is 5.32 Å². The minimum Gasteiger partial charge on any atom is -0.384 e. The predicted molar refractivity (Wildman–Crippen MR) is 65.5 cm³/mol. The van der Waals surface area contributed by atoms with Crippen molar-refractivity contribution in [2.45, 2.75) is 19.4 Å². The molecule has 0 bridgehead atoms. The van der Waals surface area contributed by atoms with E-state index < -0.39 is 5.60 Å². The van der Waals surface area contributed by atoms with Crippen LogP contribution in [0.3, 0.4) is 0 Å².